The number of unbranched alkanes of at least 4 members (excludes halogenated alkanes) is 22. The number of hydrogen-bond donors (Lipinski definition) is 3. The van der Waals surface area contributed by atoms with Crippen LogP contribution in [0.5, 0.6) is 0 Å². The Kier molecular flexibility index (Phi) is 28.9. The number of Topliss-reactive ketones (excluding diaryl/α,β-unsaturated/α-hetero) is 1. The first-order chi connectivity index (χ1) is 19.1. The average molecular weight is 552 g/mol. The van der Waals surface area contributed by atoms with E-state index < -0.39 is 30.4 Å². The molecule has 1 amide bonds. The number of carbonyl (C=O) groups excluding carboxylic acids is 2. The molecular formula is C34H65NO4. The quantitative estimate of drug-likeness (QED) is 0.0473. The highest BCUT2D eigenvalue weighted by Gasteiger charge is 2.22. The van der Waals surface area contributed by atoms with Gasteiger partial charge in [-0.3, -0.25) is 9.59 Å². The van der Waals surface area contributed by atoms with Gasteiger partial charge in [0.15, 0.2) is 0 Å². The zero-order chi connectivity index (χ0) is 28.8. The fourth-order valence-electron chi connectivity index (χ4n) is 5.02. The van der Waals surface area contributed by atoms with Gasteiger partial charge in [-0.1, -0.05) is 161 Å². The summed E-state index contributed by atoms with van der Waals surface area (Å²) in [6.45, 7) is 4.10. The lowest BCUT2D eigenvalue weighted by Crippen LogP contribution is -2.47. The summed E-state index contributed by atoms with van der Waals surface area (Å²) in [5.41, 5.74) is 0. The van der Waals surface area contributed by atoms with Gasteiger partial charge in [0.25, 0.3) is 5.91 Å². The molecule has 0 aliphatic carbocycles. The normalized spacial score (nSPS) is 13.1. The molecule has 0 aromatic heterocycles. The topological polar surface area (TPSA) is 86.6 Å². The van der Waals surface area contributed by atoms with Crippen LogP contribution in [0.3, 0.4) is 0 Å². The molecule has 0 fully saturated rings. The van der Waals surface area contributed by atoms with Crippen LogP contribution in [0.1, 0.15) is 174 Å². The highest BCUT2D eigenvalue weighted by molar-refractivity contribution is 6.36. The molecule has 0 aliphatic rings. The summed E-state index contributed by atoms with van der Waals surface area (Å²) in [5, 5.41) is 22.4. The van der Waals surface area contributed by atoms with Crippen LogP contribution in [0.2, 0.25) is 0 Å². The summed E-state index contributed by atoms with van der Waals surface area (Å²) in [6.07, 6.45) is 32.5. The Labute approximate surface area is 242 Å². The minimum atomic E-state index is -0.994. The SMILES string of the molecule is CCCCCCCCCCCCCC=CC(O)C(CO)NC(=O)C(=O)CCCCCCCCCCCCCC. The minimum Gasteiger partial charge on any atom is -0.394 e. The van der Waals surface area contributed by atoms with Crippen molar-refractivity contribution >= 4 is 11.7 Å². The Morgan fingerprint density at radius 3 is 1.41 bits per heavy atom. The predicted molar refractivity (Wildman–Crippen MR) is 166 cm³/mol. The molecule has 230 valence electrons. The summed E-state index contributed by atoms with van der Waals surface area (Å²) in [4.78, 5) is 24.4. The lowest BCUT2D eigenvalue weighted by atomic mass is 10.0. The highest BCUT2D eigenvalue weighted by atomic mass is 16.3. The second-order valence-corrected chi connectivity index (χ2v) is 11.6. The molecule has 0 heterocycles. The van der Waals surface area contributed by atoms with Crippen molar-refractivity contribution in [3.05, 3.63) is 12.2 Å². The molecule has 0 aliphatic heterocycles. The molecule has 0 aromatic rings. The lowest BCUT2D eigenvalue weighted by molar-refractivity contribution is -0.139. The van der Waals surface area contributed by atoms with E-state index in [4.69, 9.17) is 0 Å². The van der Waals surface area contributed by atoms with E-state index >= 15 is 0 Å². The van der Waals surface area contributed by atoms with Gasteiger partial charge in [-0.15, -0.1) is 0 Å². The van der Waals surface area contributed by atoms with Gasteiger partial charge < -0.3 is 15.5 Å². The summed E-state index contributed by atoms with van der Waals surface area (Å²) in [5.74, 6) is -1.16. The molecule has 0 radical (unpaired) electrons. The van der Waals surface area contributed by atoms with Crippen LogP contribution < -0.4 is 5.32 Å². The lowest BCUT2D eigenvalue weighted by Gasteiger charge is -2.19. The van der Waals surface area contributed by atoms with E-state index in [1.54, 1.807) is 6.08 Å². The molecule has 0 rings (SSSR count). The molecule has 3 N–H and O–H groups in total. The Morgan fingerprint density at radius 2 is 1.00 bits per heavy atom. The third-order valence-electron chi connectivity index (χ3n) is 7.74. The van der Waals surface area contributed by atoms with Crippen LogP contribution in [0.4, 0.5) is 0 Å². The fourth-order valence-corrected chi connectivity index (χ4v) is 5.02. The Balaban J connectivity index is 3.79. The van der Waals surface area contributed by atoms with E-state index in [1.807, 2.05) is 6.08 Å². The van der Waals surface area contributed by atoms with Crippen LogP contribution in [0.25, 0.3) is 0 Å². The second-order valence-electron chi connectivity index (χ2n) is 11.6. The third kappa shape index (κ3) is 25.5. The van der Waals surface area contributed by atoms with Gasteiger partial charge in [0.2, 0.25) is 5.78 Å². The molecule has 0 saturated heterocycles. The molecule has 5 heteroatoms. The maximum Gasteiger partial charge on any atom is 0.287 e. The van der Waals surface area contributed by atoms with Crippen LogP contribution in [0, 0.1) is 0 Å². The number of nitrogens with one attached hydrogen (secondary N) is 1. The number of allylic oxidation sites excluding steroid dienone is 1. The number of amides is 1. The van der Waals surface area contributed by atoms with Crippen molar-refractivity contribution in [3.8, 4) is 0 Å². The van der Waals surface area contributed by atoms with Crippen molar-refractivity contribution in [2.24, 2.45) is 0 Å². The number of hydrogen-bond acceptors (Lipinski definition) is 4. The Bertz CT molecular complexity index is 578. The third-order valence-corrected chi connectivity index (χ3v) is 7.74. The summed E-state index contributed by atoms with van der Waals surface area (Å²) in [7, 11) is 0. The van der Waals surface area contributed by atoms with Gasteiger partial charge in [-0.05, 0) is 19.3 Å². The molecule has 2 atom stereocenters. The van der Waals surface area contributed by atoms with E-state index in [0.29, 0.717) is 6.42 Å². The van der Waals surface area contributed by atoms with Crippen molar-refractivity contribution in [2.45, 2.75) is 187 Å². The Morgan fingerprint density at radius 1 is 0.615 bits per heavy atom. The number of aliphatic hydroxyl groups is 2. The molecule has 0 aromatic carbocycles. The number of carbonyl (C=O) groups is 2. The van der Waals surface area contributed by atoms with Crippen LogP contribution >= 0.6 is 0 Å². The van der Waals surface area contributed by atoms with E-state index in [0.717, 1.165) is 25.7 Å². The number of rotatable bonds is 30. The van der Waals surface area contributed by atoms with Crippen LogP contribution in [-0.2, 0) is 9.59 Å². The summed E-state index contributed by atoms with van der Waals surface area (Å²) in [6, 6.07) is -0.850. The molecular weight excluding hydrogens is 486 g/mol. The largest absolute Gasteiger partial charge is 0.394 e. The second kappa shape index (κ2) is 29.8. The first-order valence-electron chi connectivity index (χ1n) is 16.9. The average Bonchev–Trinajstić information content (AvgIpc) is 2.94. The van der Waals surface area contributed by atoms with Gasteiger partial charge in [0.1, 0.15) is 0 Å². The van der Waals surface area contributed by atoms with Crippen molar-refractivity contribution in [2.75, 3.05) is 6.61 Å². The van der Waals surface area contributed by atoms with Gasteiger partial charge in [-0.25, -0.2) is 0 Å². The van der Waals surface area contributed by atoms with E-state index in [2.05, 4.69) is 19.2 Å². The monoisotopic (exact) mass is 551 g/mol. The van der Waals surface area contributed by atoms with E-state index in [-0.39, 0.29) is 6.42 Å². The highest BCUT2D eigenvalue weighted by Crippen LogP contribution is 2.14. The minimum absolute atomic E-state index is 0.228. The van der Waals surface area contributed by atoms with Gasteiger partial charge in [-0.2, -0.15) is 0 Å². The van der Waals surface area contributed by atoms with Gasteiger partial charge >= 0.3 is 0 Å². The number of aliphatic hydroxyl groups excluding tert-OH is 2. The first-order valence-corrected chi connectivity index (χ1v) is 16.9. The van der Waals surface area contributed by atoms with Crippen molar-refractivity contribution in [3.63, 3.8) is 0 Å². The van der Waals surface area contributed by atoms with Gasteiger partial charge in [0.05, 0.1) is 18.8 Å². The fraction of sp³-hybridized carbons (Fsp3) is 0.882. The van der Waals surface area contributed by atoms with Crippen molar-refractivity contribution in [1.29, 1.82) is 0 Å². The smallest absolute Gasteiger partial charge is 0.287 e. The van der Waals surface area contributed by atoms with Crippen molar-refractivity contribution < 1.29 is 19.8 Å². The summed E-state index contributed by atoms with van der Waals surface area (Å²) >= 11 is 0. The van der Waals surface area contributed by atoms with Crippen molar-refractivity contribution in [1.82, 2.24) is 5.32 Å². The van der Waals surface area contributed by atoms with Gasteiger partial charge in [0, 0.05) is 6.42 Å². The first kappa shape index (κ1) is 37.8. The molecule has 0 saturated carbocycles. The standard InChI is InChI=1S/C34H65NO4/c1-3-5-7-9-11-13-15-17-19-20-22-24-26-28-32(37)31(30-36)35-34(39)33(38)29-27-25-23-21-18-16-14-12-10-8-6-4-2/h26,28,31-32,36-37H,3-25,27,29-30H2,1-2H3,(H,35,39). The molecule has 0 spiro atoms. The molecule has 0 bridgehead atoms. The van der Waals surface area contributed by atoms with E-state index in [9.17, 15) is 19.8 Å². The molecule has 5 nitrogen and oxygen atoms in total. The zero-order valence-electron chi connectivity index (χ0n) is 25.9. The summed E-state index contributed by atoms with van der Waals surface area (Å²) < 4.78 is 0. The molecule has 39 heavy (non-hydrogen) atoms. The Hall–Kier alpha value is -1.20. The molecule has 2 unspecified atom stereocenters. The maximum absolute atomic E-state index is 12.2. The number of ketones is 1. The van der Waals surface area contributed by atoms with Crippen LogP contribution in [0.15, 0.2) is 12.2 Å². The predicted octanol–water partition coefficient (Wildman–Crippen LogP) is 8.74. The van der Waals surface area contributed by atoms with Crippen LogP contribution in [-0.4, -0.2) is 40.7 Å². The maximum atomic E-state index is 12.2. The van der Waals surface area contributed by atoms with E-state index in [1.165, 1.54) is 122 Å². The zero-order valence-corrected chi connectivity index (χ0v) is 25.9.